The predicted molar refractivity (Wildman–Crippen MR) is 71.7 cm³/mol. The number of hydrogen-bond acceptors (Lipinski definition) is 4. The first-order valence-corrected chi connectivity index (χ1v) is 6.46. The number of anilines is 1. The maximum Gasteiger partial charge on any atom is 0.329 e. The van der Waals surface area contributed by atoms with E-state index in [0.29, 0.717) is 22.6 Å². The summed E-state index contributed by atoms with van der Waals surface area (Å²) in [5, 5.41) is 7.37. The molecule has 0 saturated carbocycles. The van der Waals surface area contributed by atoms with E-state index in [4.69, 9.17) is 0 Å². The van der Waals surface area contributed by atoms with E-state index in [1.165, 1.54) is 4.90 Å². The second-order valence-electron chi connectivity index (χ2n) is 4.21. The number of fused-ring (bicyclic) bond motifs is 1. The molecule has 1 aliphatic rings. The van der Waals surface area contributed by atoms with Gasteiger partial charge in [0.15, 0.2) is 11.5 Å². The van der Waals surface area contributed by atoms with Crippen LogP contribution in [0.4, 0.5) is 10.6 Å². The maximum atomic E-state index is 11.8. The third kappa shape index (κ3) is 1.97. The number of imide groups is 1. The number of hydrogen-bond donors (Lipinski definition) is 1. The third-order valence-corrected chi connectivity index (χ3v) is 3.38. The van der Waals surface area contributed by atoms with Crippen molar-refractivity contribution in [3.05, 3.63) is 16.7 Å². The Hall–Kier alpha value is -1.96. The van der Waals surface area contributed by atoms with E-state index >= 15 is 0 Å². The summed E-state index contributed by atoms with van der Waals surface area (Å²) < 4.78 is 2.31. The summed E-state index contributed by atoms with van der Waals surface area (Å²) in [6.45, 7) is 0.326. The lowest BCUT2D eigenvalue weighted by atomic mass is 10.2. The van der Waals surface area contributed by atoms with Gasteiger partial charge >= 0.3 is 6.03 Å². The number of nitrogens with one attached hydrogen (secondary N) is 1. The lowest BCUT2D eigenvalue weighted by Gasteiger charge is -2.24. The first-order valence-electron chi connectivity index (χ1n) is 5.67. The number of carbonyl (C=O) groups is 2. The number of carbonyl (C=O) groups excluding carboxylic acids is 2. The van der Waals surface area contributed by atoms with Crippen LogP contribution in [-0.2, 0) is 11.8 Å². The van der Waals surface area contributed by atoms with Gasteiger partial charge in [-0.2, -0.15) is 5.10 Å². The number of amides is 3. The van der Waals surface area contributed by atoms with Crippen LogP contribution in [0.1, 0.15) is 6.42 Å². The first-order chi connectivity index (χ1) is 9.06. The second-order valence-corrected chi connectivity index (χ2v) is 5.02. The Morgan fingerprint density at radius 1 is 1.37 bits per heavy atom. The van der Waals surface area contributed by atoms with Crippen molar-refractivity contribution in [3.63, 3.8) is 0 Å². The van der Waals surface area contributed by atoms with Crippen LogP contribution in [0, 0.1) is 0 Å². The van der Waals surface area contributed by atoms with Crippen LogP contribution in [0.15, 0.2) is 16.7 Å². The standard InChI is InChI=1S/C11H10BrN5O2/c1-16-9-6(2-3-7(12)13-9)10(15-16)17-5-4-8(18)14-11(17)19/h2-3H,4-5H2,1H3,(H,14,18,19). The summed E-state index contributed by atoms with van der Waals surface area (Å²) in [5.74, 6) is 0.254. The Labute approximate surface area is 116 Å². The number of nitrogens with zero attached hydrogens (tertiary/aromatic N) is 4. The van der Waals surface area contributed by atoms with Gasteiger partial charge in [0.05, 0.1) is 5.39 Å². The molecule has 1 N–H and O–H groups in total. The van der Waals surface area contributed by atoms with Gasteiger partial charge in [0, 0.05) is 20.0 Å². The first kappa shape index (κ1) is 12.1. The zero-order valence-corrected chi connectivity index (χ0v) is 11.6. The lowest BCUT2D eigenvalue weighted by molar-refractivity contribution is -0.120. The lowest BCUT2D eigenvalue weighted by Crippen LogP contribution is -2.49. The van der Waals surface area contributed by atoms with Gasteiger partial charge in [0.2, 0.25) is 5.91 Å². The number of aromatic nitrogens is 3. The zero-order chi connectivity index (χ0) is 13.6. The van der Waals surface area contributed by atoms with Gasteiger partial charge < -0.3 is 0 Å². The van der Waals surface area contributed by atoms with E-state index in [0.717, 1.165) is 5.39 Å². The Balaban J connectivity index is 2.10. The van der Waals surface area contributed by atoms with Gasteiger partial charge in [-0.3, -0.25) is 15.0 Å². The molecule has 3 heterocycles. The highest BCUT2D eigenvalue weighted by atomic mass is 79.9. The molecule has 1 fully saturated rings. The molecule has 2 aromatic rings. The van der Waals surface area contributed by atoms with Crippen molar-refractivity contribution in [2.24, 2.45) is 7.05 Å². The average molecular weight is 324 g/mol. The predicted octanol–water partition coefficient (Wildman–Crippen LogP) is 1.18. The monoisotopic (exact) mass is 323 g/mol. The molecule has 8 heteroatoms. The molecule has 0 bridgehead atoms. The molecule has 0 atom stereocenters. The van der Waals surface area contributed by atoms with Gasteiger partial charge in [0.25, 0.3) is 0 Å². The van der Waals surface area contributed by atoms with Gasteiger partial charge in [0.1, 0.15) is 4.60 Å². The second kappa shape index (κ2) is 4.30. The van der Waals surface area contributed by atoms with E-state index in [9.17, 15) is 9.59 Å². The van der Waals surface area contributed by atoms with Crippen LogP contribution in [0.5, 0.6) is 0 Å². The van der Waals surface area contributed by atoms with Crippen LogP contribution in [0.2, 0.25) is 0 Å². The summed E-state index contributed by atoms with van der Waals surface area (Å²) >= 11 is 3.30. The summed E-state index contributed by atoms with van der Waals surface area (Å²) in [6.07, 6.45) is 0.272. The summed E-state index contributed by atoms with van der Waals surface area (Å²) in [6, 6.07) is 3.19. The molecule has 0 unspecified atom stereocenters. The van der Waals surface area contributed by atoms with Crippen LogP contribution in [-0.4, -0.2) is 33.2 Å². The van der Waals surface area contributed by atoms with E-state index in [-0.39, 0.29) is 12.3 Å². The van der Waals surface area contributed by atoms with E-state index in [1.807, 2.05) is 6.07 Å². The Bertz CT molecular complexity index is 696. The number of pyridine rings is 1. The average Bonchev–Trinajstić information content (AvgIpc) is 2.66. The third-order valence-electron chi connectivity index (χ3n) is 2.94. The van der Waals surface area contributed by atoms with Gasteiger partial charge in [-0.15, -0.1) is 0 Å². The molecule has 98 valence electrons. The van der Waals surface area contributed by atoms with E-state index < -0.39 is 6.03 Å². The Morgan fingerprint density at radius 2 is 2.16 bits per heavy atom. The highest BCUT2D eigenvalue weighted by molar-refractivity contribution is 9.10. The molecular weight excluding hydrogens is 314 g/mol. The number of urea groups is 1. The van der Waals surface area contributed by atoms with Gasteiger partial charge in [-0.1, -0.05) is 0 Å². The number of halogens is 1. The van der Waals surface area contributed by atoms with Crippen molar-refractivity contribution in [2.45, 2.75) is 6.42 Å². The smallest absolute Gasteiger partial charge is 0.278 e. The Morgan fingerprint density at radius 3 is 2.89 bits per heavy atom. The van der Waals surface area contributed by atoms with Crippen LogP contribution >= 0.6 is 15.9 Å². The van der Waals surface area contributed by atoms with Crippen molar-refractivity contribution < 1.29 is 9.59 Å². The van der Waals surface area contributed by atoms with Crippen molar-refractivity contribution >= 4 is 44.7 Å². The molecule has 3 rings (SSSR count). The molecule has 0 aliphatic carbocycles. The minimum absolute atomic E-state index is 0.262. The quantitative estimate of drug-likeness (QED) is 0.799. The molecule has 2 aromatic heterocycles. The van der Waals surface area contributed by atoms with Gasteiger partial charge in [-0.05, 0) is 28.1 Å². The number of rotatable bonds is 1. The molecule has 0 aromatic carbocycles. The molecule has 0 radical (unpaired) electrons. The minimum Gasteiger partial charge on any atom is -0.278 e. The topological polar surface area (TPSA) is 80.1 Å². The van der Waals surface area contributed by atoms with Crippen molar-refractivity contribution in [2.75, 3.05) is 11.4 Å². The van der Waals surface area contributed by atoms with Crippen molar-refractivity contribution in [1.29, 1.82) is 0 Å². The molecule has 19 heavy (non-hydrogen) atoms. The largest absolute Gasteiger partial charge is 0.329 e. The fraction of sp³-hybridized carbons (Fsp3) is 0.273. The number of aryl methyl sites for hydroxylation is 1. The summed E-state index contributed by atoms with van der Waals surface area (Å²) in [4.78, 5) is 28.8. The minimum atomic E-state index is -0.445. The van der Waals surface area contributed by atoms with Crippen molar-refractivity contribution in [3.8, 4) is 0 Å². The molecule has 0 spiro atoms. The highest BCUT2D eigenvalue weighted by Gasteiger charge is 2.28. The fourth-order valence-electron chi connectivity index (χ4n) is 2.06. The maximum absolute atomic E-state index is 11.8. The van der Waals surface area contributed by atoms with Crippen LogP contribution < -0.4 is 10.2 Å². The highest BCUT2D eigenvalue weighted by Crippen LogP contribution is 2.26. The normalized spacial score (nSPS) is 16.0. The summed E-state index contributed by atoms with van der Waals surface area (Å²) in [7, 11) is 1.76. The van der Waals surface area contributed by atoms with Crippen LogP contribution in [0.3, 0.4) is 0 Å². The van der Waals surface area contributed by atoms with E-state index in [2.05, 4.69) is 31.3 Å². The molecule has 3 amide bonds. The SMILES string of the molecule is Cn1nc(N2CCC(=O)NC2=O)c2ccc(Br)nc21. The molecule has 1 saturated heterocycles. The molecular formula is C11H10BrN5O2. The van der Waals surface area contributed by atoms with Gasteiger partial charge in [-0.25, -0.2) is 14.5 Å². The summed E-state index contributed by atoms with van der Waals surface area (Å²) in [5.41, 5.74) is 0.675. The molecule has 7 nitrogen and oxygen atoms in total. The Kier molecular flexibility index (Phi) is 2.74. The zero-order valence-electron chi connectivity index (χ0n) is 10.1. The van der Waals surface area contributed by atoms with Crippen molar-refractivity contribution in [1.82, 2.24) is 20.1 Å². The van der Waals surface area contributed by atoms with E-state index in [1.54, 1.807) is 17.8 Å². The molecule has 1 aliphatic heterocycles. The fourth-order valence-corrected chi connectivity index (χ4v) is 2.36. The van der Waals surface area contributed by atoms with Crippen LogP contribution in [0.25, 0.3) is 11.0 Å².